The molecule has 0 saturated heterocycles. The van der Waals surface area contributed by atoms with Crippen LogP contribution in [0.5, 0.6) is 0 Å². The van der Waals surface area contributed by atoms with E-state index >= 15 is 0 Å². The molecule has 3 aliphatic carbocycles. The van der Waals surface area contributed by atoms with Crippen molar-refractivity contribution < 1.29 is 14.5 Å². The van der Waals surface area contributed by atoms with E-state index in [1.807, 2.05) is 14.0 Å². The fourth-order valence-corrected chi connectivity index (χ4v) is 4.14. The molecule has 1 radical (unpaired) electrons. The summed E-state index contributed by atoms with van der Waals surface area (Å²) in [4.78, 5) is 0. The minimum atomic E-state index is -0.771. The van der Waals surface area contributed by atoms with Gasteiger partial charge in [0, 0.05) is 0 Å². The highest BCUT2D eigenvalue weighted by molar-refractivity contribution is 6.48. The van der Waals surface area contributed by atoms with Crippen molar-refractivity contribution >= 4 is 19.1 Å². The highest BCUT2D eigenvalue weighted by Crippen LogP contribution is 2.63. The number of hydrogen-bond donors (Lipinski definition) is 1. The summed E-state index contributed by atoms with van der Waals surface area (Å²) < 4.78 is 7.60. The Hall–Kier alpha value is -0.125. The molecule has 3 saturated carbocycles. The molecule has 0 aromatic carbocycles. The normalized spacial score (nSPS) is 41.0. The Kier molecular flexibility index (Phi) is 4.53. The van der Waals surface area contributed by atoms with Crippen molar-refractivity contribution in [1.29, 1.82) is 0 Å². The molecule has 0 aromatic heterocycles. The maximum absolute atomic E-state index is 10.8. The minimum absolute atomic E-state index is 0.149. The second-order valence-corrected chi connectivity index (χ2v) is 7.65. The number of rotatable bonds is 5. The third-order valence-corrected chi connectivity index (χ3v) is 5.74. The van der Waals surface area contributed by atoms with Crippen LogP contribution in [0.1, 0.15) is 33.6 Å². The predicted octanol–water partition coefficient (Wildman–Crippen LogP) is 2.10. The number of aliphatic hydroxyl groups is 1. The lowest BCUT2D eigenvalue weighted by Crippen LogP contribution is -2.67. The lowest BCUT2D eigenvalue weighted by molar-refractivity contribution is -0.562. The van der Waals surface area contributed by atoms with Crippen molar-refractivity contribution in [1.82, 2.24) is 0 Å². The molecule has 3 aliphatic rings. The highest BCUT2D eigenvalue weighted by Gasteiger charge is 2.63. The Morgan fingerprint density at radius 3 is 2.60 bits per heavy atom. The molecular formula is C14H26BClN2O2+. The van der Waals surface area contributed by atoms with Crippen LogP contribution in [0, 0.1) is 17.3 Å². The summed E-state index contributed by atoms with van der Waals surface area (Å²) in [7, 11) is 5.25. The zero-order valence-electron chi connectivity index (χ0n) is 13.1. The lowest BCUT2D eigenvalue weighted by Gasteiger charge is -2.65. The molecule has 6 heteroatoms. The van der Waals surface area contributed by atoms with Crippen LogP contribution in [0.25, 0.3) is 0 Å². The summed E-state index contributed by atoms with van der Waals surface area (Å²) in [5.41, 5.74) is -0.544. The monoisotopic (exact) mass is 300 g/mol. The van der Waals surface area contributed by atoms with E-state index < -0.39 is 5.60 Å². The van der Waals surface area contributed by atoms with Crippen molar-refractivity contribution in [2.75, 3.05) is 20.6 Å². The Morgan fingerprint density at radius 2 is 2.10 bits per heavy atom. The molecule has 5 unspecified atom stereocenters. The Balaban J connectivity index is 1.89. The number of hydrogen-bond acceptors (Lipinski definition) is 3. The van der Waals surface area contributed by atoms with E-state index in [1.54, 1.807) is 19.2 Å². The first-order chi connectivity index (χ1) is 9.19. The number of fused-ring (bicyclic) bond motifs is 2. The van der Waals surface area contributed by atoms with Gasteiger partial charge in [-0.05, 0) is 42.1 Å². The molecule has 20 heavy (non-hydrogen) atoms. The van der Waals surface area contributed by atoms with Crippen molar-refractivity contribution in [2.24, 2.45) is 22.4 Å². The van der Waals surface area contributed by atoms with Gasteiger partial charge in [0.2, 0.25) is 0 Å². The fourth-order valence-electron chi connectivity index (χ4n) is 3.88. The molecule has 0 spiro atoms. The summed E-state index contributed by atoms with van der Waals surface area (Å²) >= 11 is 6.21. The molecular weight excluding hydrogens is 274 g/mol. The molecule has 0 aliphatic heterocycles. The van der Waals surface area contributed by atoms with Gasteiger partial charge in [-0.3, -0.25) is 0 Å². The van der Waals surface area contributed by atoms with E-state index in [-0.39, 0.29) is 16.8 Å². The first-order valence-corrected chi connectivity index (χ1v) is 7.79. The Bertz CT molecular complexity index is 401. The maximum atomic E-state index is 10.8. The van der Waals surface area contributed by atoms with Crippen LogP contribution in [0.3, 0.4) is 0 Å². The molecule has 5 atom stereocenters. The second kappa shape index (κ2) is 5.58. The van der Waals surface area contributed by atoms with Crippen LogP contribution in [0.2, 0.25) is 0 Å². The van der Waals surface area contributed by atoms with E-state index in [0.29, 0.717) is 18.4 Å². The maximum Gasteiger partial charge on any atom is 0.319 e. The zero-order valence-corrected chi connectivity index (χ0v) is 13.9. The summed E-state index contributed by atoms with van der Waals surface area (Å²) in [6, 6.07) is 0. The smallest absolute Gasteiger partial charge is 0.319 e. The van der Waals surface area contributed by atoms with Gasteiger partial charge in [-0.2, -0.15) is 0 Å². The summed E-state index contributed by atoms with van der Waals surface area (Å²) in [6.07, 6.45) is 1.87. The van der Waals surface area contributed by atoms with Crippen LogP contribution in [-0.4, -0.2) is 54.9 Å². The molecule has 3 fully saturated rings. The van der Waals surface area contributed by atoms with E-state index in [2.05, 4.69) is 19.0 Å². The topological polar surface area (TPSA) is 44.8 Å². The molecule has 2 bridgehead atoms. The van der Waals surface area contributed by atoms with Gasteiger partial charge in [0.15, 0.2) is 13.6 Å². The molecule has 0 aromatic rings. The standard InChI is InChI=1S/C14H26BClN2O2/c1-13(2)9-6-10(13)14(3,19)11(7-9)20-15-12(16)8-18(5)17-4/h9-12,19H,6-8H2,1-5H3/q+1. The predicted molar refractivity (Wildman–Crippen MR) is 80.3 cm³/mol. The summed E-state index contributed by atoms with van der Waals surface area (Å²) in [6.45, 7) is 7.01. The van der Waals surface area contributed by atoms with Crippen molar-refractivity contribution in [3.63, 3.8) is 0 Å². The molecule has 113 valence electrons. The summed E-state index contributed by atoms with van der Waals surface area (Å²) in [5, 5.41) is 14.6. The van der Waals surface area contributed by atoms with Gasteiger partial charge in [0.05, 0.1) is 24.0 Å². The molecule has 3 rings (SSSR count). The first-order valence-electron chi connectivity index (χ1n) is 7.35. The number of azo groups is 2. The Morgan fingerprint density at radius 1 is 1.45 bits per heavy atom. The quantitative estimate of drug-likeness (QED) is 0.366. The van der Waals surface area contributed by atoms with E-state index in [9.17, 15) is 5.11 Å². The molecule has 1 N–H and O–H groups in total. The van der Waals surface area contributed by atoms with Gasteiger partial charge in [0.1, 0.15) is 0 Å². The number of nitrogens with zero attached hydrogens (tertiary/aromatic N) is 2. The molecule has 0 heterocycles. The zero-order chi connectivity index (χ0) is 15.1. The van der Waals surface area contributed by atoms with Crippen LogP contribution in [0.4, 0.5) is 0 Å². The lowest BCUT2D eigenvalue weighted by atomic mass is 9.43. The van der Waals surface area contributed by atoms with Crippen LogP contribution in [-0.2, 0) is 4.65 Å². The minimum Gasteiger partial charge on any atom is -0.433 e. The third-order valence-electron chi connectivity index (χ3n) is 5.50. The van der Waals surface area contributed by atoms with Crippen LogP contribution in [0.15, 0.2) is 5.11 Å². The van der Waals surface area contributed by atoms with Crippen LogP contribution < -0.4 is 0 Å². The first kappa shape index (κ1) is 16.2. The fraction of sp³-hybridized carbons (Fsp3) is 1.00. The van der Waals surface area contributed by atoms with E-state index in [0.717, 1.165) is 12.8 Å². The Labute approximate surface area is 127 Å². The van der Waals surface area contributed by atoms with Crippen molar-refractivity contribution in [3.05, 3.63) is 0 Å². The van der Waals surface area contributed by atoms with E-state index in [4.69, 9.17) is 16.3 Å². The van der Waals surface area contributed by atoms with Gasteiger partial charge < -0.3 is 9.76 Å². The highest BCUT2D eigenvalue weighted by atomic mass is 35.5. The number of alkyl halides is 1. The third kappa shape index (κ3) is 2.77. The van der Waals surface area contributed by atoms with E-state index in [1.165, 1.54) is 0 Å². The van der Waals surface area contributed by atoms with Crippen molar-refractivity contribution in [2.45, 2.75) is 50.6 Å². The van der Waals surface area contributed by atoms with Gasteiger partial charge >= 0.3 is 7.48 Å². The summed E-state index contributed by atoms with van der Waals surface area (Å²) in [5.74, 6) is 0.961. The van der Waals surface area contributed by atoms with Crippen molar-refractivity contribution in [3.8, 4) is 0 Å². The van der Waals surface area contributed by atoms with Gasteiger partial charge in [0.25, 0.3) is 0 Å². The largest absolute Gasteiger partial charge is 0.433 e. The average Bonchev–Trinajstić information content (AvgIpc) is 2.35. The SMILES string of the molecule is CN=[N+](C)CC(Cl)[B]OC1CC2CC(C2(C)C)C1(C)O. The van der Waals surface area contributed by atoms with Gasteiger partial charge in [-0.15, -0.1) is 16.3 Å². The van der Waals surface area contributed by atoms with Crippen LogP contribution >= 0.6 is 11.6 Å². The second-order valence-electron chi connectivity index (χ2n) is 7.09. The average molecular weight is 301 g/mol. The molecule has 4 nitrogen and oxygen atoms in total. The van der Waals surface area contributed by atoms with Gasteiger partial charge in [-0.1, -0.05) is 13.8 Å². The van der Waals surface area contributed by atoms with Gasteiger partial charge in [-0.25, -0.2) is 0 Å². The number of halogens is 1. The molecule has 0 amide bonds.